The van der Waals surface area contributed by atoms with Gasteiger partial charge in [0.15, 0.2) is 0 Å². The second kappa shape index (κ2) is 10.5. The van der Waals surface area contributed by atoms with Gasteiger partial charge >= 0.3 is 0 Å². The minimum Gasteiger partial charge on any atom is -0.354 e. The fourth-order valence-corrected chi connectivity index (χ4v) is 5.06. The Hall–Kier alpha value is -1.29. The third-order valence-electron chi connectivity index (χ3n) is 6.45. The summed E-state index contributed by atoms with van der Waals surface area (Å²) < 4.78 is 0. The molecular formula is C23H33Cl2N3. The molecule has 154 valence electrons. The second-order valence-corrected chi connectivity index (χ2v) is 8.02. The summed E-state index contributed by atoms with van der Waals surface area (Å²) in [6.07, 6.45) is 7.29. The van der Waals surface area contributed by atoms with Gasteiger partial charge in [-0.2, -0.15) is 0 Å². The number of rotatable bonds is 3. The van der Waals surface area contributed by atoms with Crippen molar-refractivity contribution in [2.75, 3.05) is 31.1 Å². The summed E-state index contributed by atoms with van der Waals surface area (Å²) in [6.45, 7) is 9.13. The Labute approximate surface area is 182 Å². The van der Waals surface area contributed by atoms with Crippen LogP contribution in [0.15, 0.2) is 42.6 Å². The number of anilines is 1. The lowest BCUT2D eigenvalue weighted by molar-refractivity contribution is 0.141. The van der Waals surface area contributed by atoms with Gasteiger partial charge in [-0.15, -0.1) is 24.8 Å². The van der Waals surface area contributed by atoms with E-state index in [0.29, 0.717) is 0 Å². The highest BCUT2D eigenvalue weighted by Crippen LogP contribution is 2.37. The van der Waals surface area contributed by atoms with Crippen LogP contribution in [-0.2, 0) is 0 Å². The summed E-state index contributed by atoms with van der Waals surface area (Å²) in [7, 11) is 0. The molecule has 5 heteroatoms. The van der Waals surface area contributed by atoms with Gasteiger partial charge in [-0.05, 0) is 74.3 Å². The summed E-state index contributed by atoms with van der Waals surface area (Å²) >= 11 is 0. The number of nitrogens with zero attached hydrogens (tertiary/aromatic N) is 3. The largest absolute Gasteiger partial charge is 0.354 e. The van der Waals surface area contributed by atoms with Crippen molar-refractivity contribution in [3.63, 3.8) is 0 Å². The van der Waals surface area contributed by atoms with Gasteiger partial charge in [-0.1, -0.05) is 24.3 Å². The zero-order valence-electron chi connectivity index (χ0n) is 17.0. The van der Waals surface area contributed by atoms with E-state index in [4.69, 9.17) is 0 Å². The van der Waals surface area contributed by atoms with Gasteiger partial charge < -0.3 is 4.90 Å². The van der Waals surface area contributed by atoms with E-state index in [9.17, 15) is 0 Å². The fourth-order valence-electron chi connectivity index (χ4n) is 5.06. The zero-order chi connectivity index (χ0) is 17.9. The Bertz CT molecular complexity index is 702. The third kappa shape index (κ3) is 5.00. The quantitative estimate of drug-likeness (QED) is 0.661. The maximum Gasteiger partial charge on any atom is 0.128 e. The Kier molecular flexibility index (Phi) is 8.60. The van der Waals surface area contributed by atoms with Crippen LogP contribution in [0.4, 0.5) is 5.82 Å². The van der Waals surface area contributed by atoms with Crippen LogP contribution in [0.3, 0.4) is 0 Å². The zero-order valence-corrected chi connectivity index (χ0v) is 18.6. The van der Waals surface area contributed by atoms with Crippen LogP contribution in [0.5, 0.6) is 0 Å². The number of aryl methyl sites for hydroxylation is 2. The highest BCUT2D eigenvalue weighted by Gasteiger charge is 2.30. The number of piperazine rings is 1. The van der Waals surface area contributed by atoms with Crippen molar-refractivity contribution >= 4 is 30.6 Å². The van der Waals surface area contributed by atoms with Gasteiger partial charge in [0, 0.05) is 38.4 Å². The minimum atomic E-state index is 0. The van der Waals surface area contributed by atoms with E-state index in [1.54, 1.807) is 5.56 Å². The molecule has 0 spiro atoms. The number of benzene rings is 1. The summed E-state index contributed by atoms with van der Waals surface area (Å²) in [6, 6.07) is 13.8. The summed E-state index contributed by atoms with van der Waals surface area (Å²) in [5, 5.41) is 0. The SMILES string of the molecule is Cc1cccc(C)c1C1CCC(N2CCN(c3ccccn3)CC2)CC1.Cl.Cl. The first-order valence-electron chi connectivity index (χ1n) is 10.2. The molecule has 4 rings (SSSR count). The van der Waals surface area contributed by atoms with E-state index >= 15 is 0 Å². The first-order valence-corrected chi connectivity index (χ1v) is 10.2. The molecule has 0 N–H and O–H groups in total. The van der Waals surface area contributed by atoms with Crippen molar-refractivity contribution in [3.05, 3.63) is 59.3 Å². The smallest absolute Gasteiger partial charge is 0.128 e. The number of halogens is 2. The predicted octanol–water partition coefficient (Wildman–Crippen LogP) is 5.39. The first-order chi connectivity index (χ1) is 12.7. The molecule has 0 amide bonds. The van der Waals surface area contributed by atoms with Crippen molar-refractivity contribution < 1.29 is 0 Å². The van der Waals surface area contributed by atoms with Crippen LogP contribution in [0.25, 0.3) is 0 Å². The Morgan fingerprint density at radius 1 is 0.786 bits per heavy atom. The van der Waals surface area contributed by atoms with Crippen LogP contribution in [0, 0.1) is 13.8 Å². The minimum absolute atomic E-state index is 0. The molecule has 0 atom stereocenters. The van der Waals surface area contributed by atoms with Gasteiger partial charge in [0.2, 0.25) is 0 Å². The average Bonchev–Trinajstić information content (AvgIpc) is 2.69. The maximum atomic E-state index is 4.51. The van der Waals surface area contributed by atoms with Gasteiger partial charge in [0.05, 0.1) is 0 Å². The number of aromatic nitrogens is 1. The highest BCUT2D eigenvalue weighted by molar-refractivity contribution is 5.85. The summed E-state index contributed by atoms with van der Waals surface area (Å²) in [5.41, 5.74) is 4.60. The number of pyridine rings is 1. The van der Waals surface area contributed by atoms with E-state index in [0.717, 1.165) is 30.9 Å². The molecule has 1 aliphatic carbocycles. The molecule has 1 saturated carbocycles. The van der Waals surface area contributed by atoms with Crippen molar-refractivity contribution in [3.8, 4) is 0 Å². The summed E-state index contributed by atoms with van der Waals surface area (Å²) in [4.78, 5) is 9.67. The number of hydrogen-bond donors (Lipinski definition) is 0. The highest BCUT2D eigenvalue weighted by atomic mass is 35.5. The van der Waals surface area contributed by atoms with Crippen molar-refractivity contribution in [1.29, 1.82) is 0 Å². The van der Waals surface area contributed by atoms with Crippen molar-refractivity contribution in [2.24, 2.45) is 0 Å². The van der Waals surface area contributed by atoms with E-state index in [-0.39, 0.29) is 24.8 Å². The second-order valence-electron chi connectivity index (χ2n) is 8.02. The normalized spacial score (nSPS) is 22.9. The lowest BCUT2D eigenvalue weighted by atomic mass is 9.78. The molecule has 2 aromatic rings. The van der Waals surface area contributed by atoms with Crippen LogP contribution in [0.1, 0.15) is 48.3 Å². The van der Waals surface area contributed by atoms with Crippen LogP contribution in [0.2, 0.25) is 0 Å². The molecule has 2 aliphatic rings. The molecule has 2 fully saturated rings. The first kappa shape index (κ1) is 23.0. The fraction of sp³-hybridized carbons (Fsp3) is 0.522. The van der Waals surface area contributed by atoms with Crippen LogP contribution in [-0.4, -0.2) is 42.1 Å². The Morgan fingerprint density at radius 3 is 2.00 bits per heavy atom. The average molecular weight is 422 g/mol. The predicted molar refractivity (Wildman–Crippen MR) is 123 cm³/mol. The molecular weight excluding hydrogens is 389 g/mol. The molecule has 0 unspecified atom stereocenters. The number of hydrogen-bond acceptors (Lipinski definition) is 3. The van der Waals surface area contributed by atoms with Gasteiger partial charge in [0.1, 0.15) is 5.82 Å². The molecule has 1 aromatic carbocycles. The standard InChI is InChI=1S/C23H31N3.2ClH/c1-18-6-5-7-19(2)23(18)20-9-11-21(12-10-20)25-14-16-26(17-15-25)22-8-3-4-13-24-22;;/h3-8,13,20-21H,9-12,14-17H2,1-2H3;2*1H. The summed E-state index contributed by atoms with van der Waals surface area (Å²) in [5.74, 6) is 1.90. The Morgan fingerprint density at radius 2 is 1.43 bits per heavy atom. The van der Waals surface area contributed by atoms with Gasteiger partial charge in [-0.25, -0.2) is 4.98 Å². The topological polar surface area (TPSA) is 19.4 Å². The van der Waals surface area contributed by atoms with Gasteiger partial charge in [-0.3, -0.25) is 4.90 Å². The van der Waals surface area contributed by atoms with Crippen molar-refractivity contribution in [1.82, 2.24) is 9.88 Å². The van der Waals surface area contributed by atoms with Gasteiger partial charge in [0.25, 0.3) is 0 Å². The van der Waals surface area contributed by atoms with Crippen LogP contribution < -0.4 is 4.90 Å². The lowest BCUT2D eigenvalue weighted by Crippen LogP contribution is -2.51. The molecule has 2 heterocycles. The van der Waals surface area contributed by atoms with Crippen molar-refractivity contribution in [2.45, 2.75) is 51.5 Å². The van der Waals surface area contributed by atoms with E-state index in [1.165, 1.54) is 49.9 Å². The van der Waals surface area contributed by atoms with E-state index in [2.05, 4.69) is 59.0 Å². The third-order valence-corrected chi connectivity index (χ3v) is 6.45. The van der Waals surface area contributed by atoms with E-state index in [1.807, 2.05) is 12.3 Å². The lowest BCUT2D eigenvalue weighted by Gasteiger charge is -2.42. The van der Waals surface area contributed by atoms with Crippen LogP contribution >= 0.6 is 24.8 Å². The molecule has 1 aromatic heterocycles. The molecule has 3 nitrogen and oxygen atoms in total. The maximum absolute atomic E-state index is 4.51. The molecule has 0 bridgehead atoms. The molecule has 1 aliphatic heterocycles. The molecule has 28 heavy (non-hydrogen) atoms. The van der Waals surface area contributed by atoms with E-state index < -0.39 is 0 Å². The monoisotopic (exact) mass is 421 g/mol. The molecule has 1 saturated heterocycles. The molecule has 0 radical (unpaired) electrons. The Balaban J connectivity index is 0.00000140.